The van der Waals surface area contributed by atoms with Gasteiger partial charge in [-0.15, -0.1) is 0 Å². The van der Waals surface area contributed by atoms with Crippen molar-refractivity contribution >= 4 is 65.2 Å². The Morgan fingerprint density at radius 3 is 2.29 bits per heavy atom. The third kappa shape index (κ3) is 4.05. The predicted octanol–water partition coefficient (Wildman–Crippen LogP) is 4.97. The Bertz CT molecular complexity index is 681. The van der Waals surface area contributed by atoms with Gasteiger partial charge in [-0.3, -0.25) is 4.79 Å². The molecule has 21 heavy (non-hydrogen) atoms. The number of hydrogen-bond acceptors (Lipinski definition) is 3. The van der Waals surface area contributed by atoms with Crippen LogP contribution in [0.4, 0.5) is 11.5 Å². The molecule has 2 rings (SSSR count). The number of nitrogens with zero attached hydrogens (tertiary/aromatic N) is 1. The van der Waals surface area contributed by atoms with Crippen LogP contribution in [-0.2, 0) is 0 Å². The fourth-order valence-electron chi connectivity index (χ4n) is 1.78. The van der Waals surface area contributed by atoms with E-state index in [0.717, 1.165) is 19.1 Å². The Morgan fingerprint density at radius 1 is 1.10 bits per heavy atom. The van der Waals surface area contributed by atoms with Gasteiger partial charge in [-0.25, -0.2) is 4.98 Å². The van der Waals surface area contributed by atoms with Crippen LogP contribution in [0.1, 0.15) is 16.1 Å². The molecule has 0 bridgehead atoms. The lowest BCUT2D eigenvalue weighted by molar-refractivity contribution is 0.102. The van der Waals surface area contributed by atoms with Gasteiger partial charge in [0.2, 0.25) is 0 Å². The predicted molar refractivity (Wildman–Crippen MR) is 96.0 cm³/mol. The number of benzene rings is 1. The fraction of sp³-hybridized carbons (Fsp3) is 0.143. The number of aromatic nitrogens is 1. The molecule has 0 aliphatic carbocycles. The van der Waals surface area contributed by atoms with Crippen LogP contribution >= 0.6 is 47.8 Å². The Balaban J connectivity index is 2.32. The quantitative estimate of drug-likeness (QED) is 0.656. The van der Waals surface area contributed by atoms with Gasteiger partial charge in [-0.2, -0.15) is 0 Å². The van der Waals surface area contributed by atoms with Crippen molar-refractivity contribution in [3.05, 3.63) is 48.9 Å². The standard InChI is InChI=1S/C14H12Br3N3O/c1-7-3-8(4-12(18-2)19-7)14(21)20-13-10(16)5-9(15)6-11(13)17/h3-6H,1-2H3,(H,18,19)(H,20,21). The lowest BCUT2D eigenvalue weighted by Crippen LogP contribution is -2.14. The lowest BCUT2D eigenvalue weighted by atomic mass is 10.2. The molecule has 110 valence electrons. The number of amides is 1. The van der Waals surface area contributed by atoms with Gasteiger partial charge in [0.1, 0.15) is 5.82 Å². The molecule has 2 aromatic rings. The van der Waals surface area contributed by atoms with Gasteiger partial charge < -0.3 is 10.6 Å². The molecule has 0 radical (unpaired) electrons. The van der Waals surface area contributed by atoms with Crippen LogP contribution in [0.5, 0.6) is 0 Å². The van der Waals surface area contributed by atoms with Gasteiger partial charge in [0.25, 0.3) is 5.91 Å². The number of carbonyl (C=O) groups excluding carboxylic acids is 1. The van der Waals surface area contributed by atoms with Crippen molar-refractivity contribution in [1.29, 1.82) is 0 Å². The van der Waals surface area contributed by atoms with Crippen LogP contribution in [-0.4, -0.2) is 17.9 Å². The number of pyridine rings is 1. The van der Waals surface area contributed by atoms with E-state index in [4.69, 9.17) is 0 Å². The first-order valence-corrected chi connectivity index (χ1v) is 8.41. The third-order valence-electron chi connectivity index (χ3n) is 2.72. The van der Waals surface area contributed by atoms with Crippen molar-refractivity contribution in [3.8, 4) is 0 Å². The molecule has 2 N–H and O–H groups in total. The number of carbonyl (C=O) groups is 1. The van der Waals surface area contributed by atoms with E-state index in [1.807, 2.05) is 19.1 Å². The molecule has 0 saturated carbocycles. The molecule has 0 fully saturated rings. The molecule has 1 amide bonds. The second kappa shape index (κ2) is 6.89. The number of rotatable bonds is 3. The van der Waals surface area contributed by atoms with Gasteiger partial charge in [-0.05, 0) is 63.0 Å². The Morgan fingerprint density at radius 2 is 1.71 bits per heavy atom. The molecule has 0 aliphatic rings. The highest BCUT2D eigenvalue weighted by Crippen LogP contribution is 2.34. The summed E-state index contributed by atoms with van der Waals surface area (Å²) in [7, 11) is 1.77. The topological polar surface area (TPSA) is 54.0 Å². The molecule has 0 aliphatic heterocycles. The minimum atomic E-state index is -0.194. The van der Waals surface area contributed by atoms with Gasteiger partial charge >= 0.3 is 0 Å². The zero-order valence-corrected chi connectivity index (χ0v) is 16.1. The first-order valence-electron chi connectivity index (χ1n) is 6.03. The van der Waals surface area contributed by atoms with Crippen LogP contribution in [0.25, 0.3) is 0 Å². The molecular weight excluding hydrogens is 466 g/mol. The van der Waals surface area contributed by atoms with Crippen LogP contribution in [0.3, 0.4) is 0 Å². The summed E-state index contributed by atoms with van der Waals surface area (Å²) in [5.41, 5.74) is 2.01. The third-order valence-corrected chi connectivity index (χ3v) is 4.43. The SMILES string of the molecule is CNc1cc(C(=O)Nc2c(Br)cc(Br)cc2Br)cc(C)n1. The van der Waals surface area contributed by atoms with Crippen molar-refractivity contribution in [2.45, 2.75) is 6.92 Å². The average Bonchev–Trinajstić information content (AvgIpc) is 2.41. The minimum Gasteiger partial charge on any atom is -0.373 e. The summed E-state index contributed by atoms with van der Waals surface area (Å²) < 4.78 is 2.49. The van der Waals surface area contributed by atoms with E-state index < -0.39 is 0 Å². The minimum absolute atomic E-state index is 0.194. The molecule has 0 saturated heterocycles. The molecule has 0 spiro atoms. The monoisotopic (exact) mass is 475 g/mol. The average molecular weight is 478 g/mol. The van der Waals surface area contributed by atoms with E-state index in [1.165, 1.54) is 0 Å². The molecule has 1 heterocycles. The highest BCUT2D eigenvalue weighted by molar-refractivity contribution is 9.11. The molecule has 4 nitrogen and oxygen atoms in total. The number of hydrogen-bond donors (Lipinski definition) is 2. The summed E-state index contributed by atoms with van der Waals surface area (Å²) in [6, 6.07) is 7.20. The van der Waals surface area contributed by atoms with E-state index >= 15 is 0 Å². The fourth-order valence-corrected chi connectivity index (χ4v) is 4.23. The van der Waals surface area contributed by atoms with E-state index in [-0.39, 0.29) is 5.91 Å². The maximum Gasteiger partial charge on any atom is 0.255 e. The number of anilines is 2. The normalized spacial score (nSPS) is 10.3. The summed E-state index contributed by atoms with van der Waals surface area (Å²) in [6.45, 7) is 1.85. The summed E-state index contributed by atoms with van der Waals surface area (Å²) in [5.74, 6) is 0.467. The maximum absolute atomic E-state index is 12.4. The smallest absolute Gasteiger partial charge is 0.255 e. The molecule has 7 heteroatoms. The van der Waals surface area contributed by atoms with Crippen molar-refractivity contribution in [1.82, 2.24) is 4.98 Å². The van der Waals surface area contributed by atoms with Crippen LogP contribution in [0.15, 0.2) is 37.7 Å². The Kier molecular flexibility index (Phi) is 5.40. The second-order valence-corrected chi connectivity index (χ2v) is 6.96. The van der Waals surface area contributed by atoms with Crippen LogP contribution in [0.2, 0.25) is 0 Å². The van der Waals surface area contributed by atoms with Crippen LogP contribution < -0.4 is 10.6 Å². The number of halogens is 3. The Hall–Kier alpha value is -0.920. The number of aryl methyl sites for hydroxylation is 1. The first-order chi connectivity index (χ1) is 9.90. The van der Waals surface area contributed by atoms with Gasteiger partial charge in [-0.1, -0.05) is 15.9 Å². The summed E-state index contributed by atoms with van der Waals surface area (Å²) in [4.78, 5) is 16.7. The molecule has 0 atom stereocenters. The summed E-state index contributed by atoms with van der Waals surface area (Å²) in [5, 5.41) is 5.83. The summed E-state index contributed by atoms with van der Waals surface area (Å²) >= 11 is 10.3. The van der Waals surface area contributed by atoms with Crippen molar-refractivity contribution < 1.29 is 4.79 Å². The highest BCUT2D eigenvalue weighted by atomic mass is 79.9. The number of nitrogens with one attached hydrogen (secondary N) is 2. The van der Waals surface area contributed by atoms with E-state index in [2.05, 4.69) is 63.4 Å². The maximum atomic E-state index is 12.4. The zero-order valence-electron chi connectivity index (χ0n) is 11.3. The highest BCUT2D eigenvalue weighted by Gasteiger charge is 2.13. The van der Waals surface area contributed by atoms with E-state index in [1.54, 1.807) is 19.2 Å². The Labute approximate surface area is 148 Å². The van der Waals surface area contributed by atoms with Crippen molar-refractivity contribution in [3.63, 3.8) is 0 Å². The van der Waals surface area contributed by atoms with E-state index in [9.17, 15) is 4.79 Å². The van der Waals surface area contributed by atoms with Crippen LogP contribution in [0, 0.1) is 6.92 Å². The van der Waals surface area contributed by atoms with Gasteiger partial charge in [0.15, 0.2) is 0 Å². The molecule has 1 aromatic carbocycles. The second-order valence-electron chi connectivity index (χ2n) is 4.33. The summed E-state index contributed by atoms with van der Waals surface area (Å²) in [6.07, 6.45) is 0. The molecule has 1 aromatic heterocycles. The zero-order chi connectivity index (χ0) is 15.6. The van der Waals surface area contributed by atoms with E-state index in [0.29, 0.717) is 17.1 Å². The van der Waals surface area contributed by atoms with Gasteiger partial charge in [0.05, 0.1) is 5.69 Å². The van der Waals surface area contributed by atoms with Crippen molar-refractivity contribution in [2.24, 2.45) is 0 Å². The van der Waals surface area contributed by atoms with Gasteiger partial charge in [0, 0.05) is 31.7 Å². The largest absolute Gasteiger partial charge is 0.373 e. The first kappa shape index (κ1) is 16.5. The lowest BCUT2D eigenvalue weighted by Gasteiger charge is -2.11. The molecule has 0 unspecified atom stereocenters. The molecular formula is C14H12Br3N3O. The van der Waals surface area contributed by atoms with Crippen molar-refractivity contribution in [2.75, 3.05) is 17.7 Å².